The van der Waals surface area contributed by atoms with E-state index in [-0.39, 0.29) is 0 Å². The Kier molecular flexibility index (Phi) is 6.63. The maximum atomic E-state index is 12.8. The molecule has 0 aliphatic rings. The molecule has 0 atom stereocenters. The van der Waals surface area contributed by atoms with E-state index in [9.17, 15) is 13.2 Å². The van der Waals surface area contributed by atoms with Gasteiger partial charge in [0.1, 0.15) is 16.7 Å². The lowest BCUT2D eigenvalue weighted by Crippen LogP contribution is -2.04. The minimum atomic E-state index is -4.39. The SMILES string of the molecule is Cc1cc(Oc2ccc(C(F)(F)F)cc2)cc(-c2cn(CCCCN)c3ccnc(Cl)c23)c1. The molecule has 0 radical (unpaired) electrons. The molecule has 4 rings (SSSR count). The summed E-state index contributed by atoms with van der Waals surface area (Å²) >= 11 is 6.48. The molecule has 0 aliphatic carbocycles. The highest BCUT2D eigenvalue weighted by molar-refractivity contribution is 6.35. The van der Waals surface area contributed by atoms with E-state index in [2.05, 4.69) is 9.55 Å². The highest BCUT2D eigenvalue weighted by atomic mass is 35.5. The lowest BCUT2D eigenvalue weighted by molar-refractivity contribution is -0.137. The summed E-state index contributed by atoms with van der Waals surface area (Å²) in [5.41, 5.74) is 8.64. The van der Waals surface area contributed by atoms with Crippen LogP contribution >= 0.6 is 11.6 Å². The van der Waals surface area contributed by atoms with Gasteiger partial charge in [-0.1, -0.05) is 17.7 Å². The van der Waals surface area contributed by atoms with Crippen LogP contribution in [0.1, 0.15) is 24.0 Å². The number of nitrogens with zero attached hydrogens (tertiary/aromatic N) is 2. The first-order chi connectivity index (χ1) is 15.8. The smallest absolute Gasteiger partial charge is 0.416 e. The largest absolute Gasteiger partial charge is 0.457 e. The van der Waals surface area contributed by atoms with Crippen LogP contribution in [0.25, 0.3) is 22.0 Å². The maximum Gasteiger partial charge on any atom is 0.416 e. The number of fused-ring (bicyclic) bond motifs is 1. The molecule has 0 saturated heterocycles. The number of aryl methyl sites for hydroxylation is 2. The maximum absolute atomic E-state index is 12.8. The van der Waals surface area contributed by atoms with Gasteiger partial charge in [0.05, 0.1) is 11.1 Å². The van der Waals surface area contributed by atoms with E-state index in [1.54, 1.807) is 6.20 Å². The van der Waals surface area contributed by atoms with Crippen LogP contribution in [0, 0.1) is 6.92 Å². The molecule has 4 nitrogen and oxygen atoms in total. The number of aromatic nitrogens is 2. The molecule has 0 bridgehead atoms. The standard InChI is InChI=1S/C25H23ClF3N3O/c1-16-12-17(14-20(13-16)33-19-6-4-18(5-7-19)25(27,28)29)21-15-32(11-3-2-9-30)22-8-10-31-24(26)23(21)22/h4-8,10,12-15H,2-3,9,11,30H2,1H3. The molecule has 33 heavy (non-hydrogen) atoms. The monoisotopic (exact) mass is 473 g/mol. The summed E-state index contributed by atoms with van der Waals surface area (Å²) in [6, 6.07) is 12.3. The van der Waals surface area contributed by atoms with Gasteiger partial charge in [0.15, 0.2) is 0 Å². The van der Waals surface area contributed by atoms with E-state index in [4.69, 9.17) is 22.1 Å². The molecule has 2 aromatic heterocycles. The summed E-state index contributed by atoms with van der Waals surface area (Å²) in [5.74, 6) is 0.845. The van der Waals surface area contributed by atoms with Crippen LogP contribution in [-0.4, -0.2) is 16.1 Å². The zero-order valence-corrected chi connectivity index (χ0v) is 18.7. The molecule has 0 spiro atoms. The Hall–Kier alpha value is -3.03. The average molecular weight is 474 g/mol. The number of hydrogen-bond acceptors (Lipinski definition) is 3. The molecule has 2 heterocycles. The van der Waals surface area contributed by atoms with Gasteiger partial charge in [-0.2, -0.15) is 13.2 Å². The van der Waals surface area contributed by atoms with Gasteiger partial charge in [0.2, 0.25) is 0 Å². The second-order valence-electron chi connectivity index (χ2n) is 7.89. The third-order valence-corrected chi connectivity index (χ3v) is 5.67. The first kappa shape index (κ1) is 23.1. The fourth-order valence-corrected chi connectivity index (χ4v) is 4.10. The van der Waals surface area contributed by atoms with Crippen molar-refractivity contribution in [3.8, 4) is 22.6 Å². The molecule has 2 aromatic carbocycles. The molecular weight excluding hydrogens is 451 g/mol. The summed E-state index contributed by atoms with van der Waals surface area (Å²) in [4.78, 5) is 4.25. The summed E-state index contributed by atoms with van der Waals surface area (Å²) in [6.07, 6.45) is 1.20. The van der Waals surface area contributed by atoms with Crippen LogP contribution in [0.5, 0.6) is 11.5 Å². The summed E-state index contributed by atoms with van der Waals surface area (Å²) in [5, 5.41) is 1.25. The minimum Gasteiger partial charge on any atom is -0.457 e. The van der Waals surface area contributed by atoms with Gasteiger partial charge in [-0.3, -0.25) is 0 Å². The highest BCUT2D eigenvalue weighted by Gasteiger charge is 2.30. The van der Waals surface area contributed by atoms with Crippen LogP contribution in [0.15, 0.2) is 60.9 Å². The Morgan fingerprint density at radius 3 is 2.48 bits per heavy atom. The number of nitrogens with two attached hydrogens (primary N) is 1. The Morgan fingerprint density at radius 2 is 1.79 bits per heavy atom. The molecular formula is C25H23ClF3N3O. The number of unbranched alkanes of at least 4 members (excludes halogenated alkanes) is 1. The Morgan fingerprint density at radius 1 is 1.03 bits per heavy atom. The Bertz CT molecular complexity index is 1270. The average Bonchev–Trinajstić information content (AvgIpc) is 3.13. The molecule has 0 unspecified atom stereocenters. The molecule has 4 aromatic rings. The second kappa shape index (κ2) is 9.45. The summed E-state index contributed by atoms with van der Waals surface area (Å²) in [6.45, 7) is 3.37. The van der Waals surface area contributed by atoms with Crippen LogP contribution < -0.4 is 10.5 Å². The van der Waals surface area contributed by atoms with Crippen molar-refractivity contribution in [3.05, 3.63) is 77.2 Å². The lowest BCUT2D eigenvalue weighted by Gasteiger charge is -2.11. The fourth-order valence-electron chi connectivity index (χ4n) is 3.85. The topological polar surface area (TPSA) is 53.1 Å². The van der Waals surface area contributed by atoms with Gasteiger partial charge in [0, 0.05) is 29.9 Å². The number of rotatable bonds is 7. The molecule has 8 heteroatoms. The van der Waals surface area contributed by atoms with Crippen molar-refractivity contribution in [3.63, 3.8) is 0 Å². The lowest BCUT2D eigenvalue weighted by atomic mass is 10.0. The van der Waals surface area contributed by atoms with Crippen molar-refractivity contribution in [2.24, 2.45) is 5.73 Å². The van der Waals surface area contributed by atoms with Gasteiger partial charge in [-0.25, -0.2) is 4.98 Å². The molecule has 0 fully saturated rings. The number of halogens is 4. The minimum absolute atomic E-state index is 0.323. The van der Waals surface area contributed by atoms with Crippen molar-refractivity contribution in [2.75, 3.05) is 6.54 Å². The van der Waals surface area contributed by atoms with Crippen LogP contribution in [0.2, 0.25) is 5.15 Å². The quantitative estimate of drug-likeness (QED) is 0.228. The van der Waals surface area contributed by atoms with Crippen molar-refractivity contribution in [1.29, 1.82) is 0 Å². The molecule has 2 N–H and O–H groups in total. The predicted molar refractivity (Wildman–Crippen MR) is 125 cm³/mol. The first-order valence-electron chi connectivity index (χ1n) is 10.6. The predicted octanol–water partition coefficient (Wildman–Crippen LogP) is 7.22. The highest BCUT2D eigenvalue weighted by Crippen LogP contribution is 2.38. The van der Waals surface area contributed by atoms with Gasteiger partial charge in [-0.15, -0.1) is 0 Å². The van der Waals surface area contributed by atoms with Crippen LogP contribution in [0.3, 0.4) is 0 Å². The van der Waals surface area contributed by atoms with E-state index in [1.807, 2.05) is 37.4 Å². The zero-order valence-electron chi connectivity index (χ0n) is 18.0. The van der Waals surface area contributed by atoms with E-state index in [0.29, 0.717) is 23.2 Å². The number of pyridine rings is 1. The van der Waals surface area contributed by atoms with E-state index < -0.39 is 11.7 Å². The van der Waals surface area contributed by atoms with Crippen molar-refractivity contribution in [1.82, 2.24) is 9.55 Å². The van der Waals surface area contributed by atoms with E-state index in [1.165, 1.54) is 12.1 Å². The van der Waals surface area contributed by atoms with Crippen molar-refractivity contribution < 1.29 is 17.9 Å². The summed E-state index contributed by atoms with van der Waals surface area (Å²) in [7, 11) is 0. The molecule has 172 valence electrons. The normalized spacial score (nSPS) is 11.8. The molecule has 0 amide bonds. The first-order valence-corrected chi connectivity index (χ1v) is 10.9. The molecule has 0 saturated carbocycles. The van der Waals surface area contributed by atoms with Gasteiger partial charge in [-0.05, 0) is 79.9 Å². The summed E-state index contributed by atoms with van der Waals surface area (Å²) < 4.78 is 46.5. The van der Waals surface area contributed by atoms with Crippen LogP contribution in [-0.2, 0) is 12.7 Å². The number of hydrogen-bond donors (Lipinski definition) is 1. The van der Waals surface area contributed by atoms with Gasteiger partial charge in [0.25, 0.3) is 0 Å². The Balaban J connectivity index is 1.70. The fraction of sp³-hybridized carbons (Fsp3) is 0.240. The Labute approximate surface area is 194 Å². The van der Waals surface area contributed by atoms with Crippen molar-refractivity contribution >= 4 is 22.5 Å². The third kappa shape index (κ3) is 5.15. The second-order valence-corrected chi connectivity index (χ2v) is 8.24. The van der Waals surface area contributed by atoms with Gasteiger partial charge >= 0.3 is 6.18 Å². The van der Waals surface area contributed by atoms with E-state index >= 15 is 0 Å². The van der Waals surface area contributed by atoms with E-state index in [0.717, 1.165) is 59.1 Å². The zero-order chi connectivity index (χ0) is 23.6. The molecule has 0 aliphatic heterocycles. The number of benzene rings is 2. The van der Waals surface area contributed by atoms with Crippen LogP contribution in [0.4, 0.5) is 13.2 Å². The number of ether oxygens (including phenoxy) is 1. The third-order valence-electron chi connectivity index (χ3n) is 5.38. The number of alkyl halides is 3. The van der Waals surface area contributed by atoms with Gasteiger partial charge < -0.3 is 15.0 Å². The van der Waals surface area contributed by atoms with Crippen molar-refractivity contribution in [2.45, 2.75) is 32.5 Å².